The molecule has 1 aliphatic heterocycles. The summed E-state index contributed by atoms with van der Waals surface area (Å²) in [5.74, 6) is 3.20. The number of ether oxygens (including phenoxy) is 8. The third kappa shape index (κ3) is 5.04. The summed E-state index contributed by atoms with van der Waals surface area (Å²) in [4.78, 5) is 13.2. The fraction of sp³-hybridized carbons (Fsp3) is 0.207. The van der Waals surface area contributed by atoms with E-state index in [9.17, 15) is 4.79 Å². The number of carbonyl (C=O) groups is 1. The van der Waals surface area contributed by atoms with Crippen LogP contribution in [0.5, 0.6) is 40.2 Å². The number of methoxy groups -OCH3 is 6. The van der Waals surface area contributed by atoms with Crippen molar-refractivity contribution in [2.24, 2.45) is 0 Å². The van der Waals surface area contributed by atoms with E-state index in [0.29, 0.717) is 56.9 Å². The Morgan fingerprint density at radius 2 is 1.24 bits per heavy atom. The van der Waals surface area contributed by atoms with Gasteiger partial charge in [-0.15, -0.1) is 0 Å². The van der Waals surface area contributed by atoms with Gasteiger partial charge in [0.1, 0.15) is 17.1 Å². The third-order valence-corrected chi connectivity index (χ3v) is 5.77. The van der Waals surface area contributed by atoms with Gasteiger partial charge < -0.3 is 37.9 Å². The maximum Gasteiger partial charge on any atom is 0.330 e. The van der Waals surface area contributed by atoms with Gasteiger partial charge in [-0.25, -0.2) is 0 Å². The van der Waals surface area contributed by atoms with Crippen LogP contribution in [-0.4, -0.2) is 48.4 Å². The van der Waals surface area contributed by atoms with Gasteiger partial charge in [-0.1, -0.05) is 18.2 Å². The molecule has 0 saturated carbocycles. The zero-order valence-corrected chi connectivity index (χ0v) is 21.9. The van der Waals surface area contributed by atoms with Crippen LogP contribution >= 0.6 is 0 Å². The fourth-order valence-corrected chi connectivity index (χ4v) is 3.95. The van der Waals surface area contributed by atoms with Crippen molar-refractivity contribution in [1.82, 2.24) is 0 Å². The molecule has 0 fully saturated rings. The van der Waals surface area contributed by atoms with Gasteiger partial charge in [0, 0.05) is 5.56 Å². The highest BCUT2D eigenvalue weighted by Gasteiger charge is 2.30. The van der Waals surface area contributed by atoms with Crippen LogP contribution in [0, 0.1) is 0 Å². The van der Waals surface area contributed by atoms with Crippen molar-refractivity contribution in [2.75, 3.05) is 42.7 Å². The van der Waals surface area contributed by atoms with Gasteiger partial charge >= 0.3 is 5.95 Å². The van der Waals surface area contributed by atoms with Crippen LogP contribution < -0.4 is 33.2 Å². The van der Waals surface area contributed by atoms with E-state index in [1.807, 2.05) is 12.1 Å². The maximum absolute atomic E-state index is 13.2. The van der Waals surface area contributed by atoms with Crippen molar-refractivity contribution >= 4 is 17.6 Å². The van der Waals surface area contributed by atoms with Gasteiger partial charge in [-0.2, -0.15) is 0 Å². The van der Waals surface area contributed by atoms with Gasteiger partial charge in [0.25, 0.3) is 0 Å². The first-order chi connectivity index (χ1) is 18.5. The number of rotatable bonds is 10. The Bertz CT molecular complexity index is 1350. The number of para-hydroxylation sites is 2. The van der Waals surface area contributed by atoms with Crippen LogP contribution in [0.15, 0.2) is 60.6 Å². The van der Waals surface area contributed by atoms with E-state index >= 15 is 0 Å². The molecule has 0 aromatic heterocycles. The lowest BCUT2D eigenvalue weighted by Crippen LogP contribution is -2.14. The number of hydrogen-bond donors (Lipinski definition) is 0. The van der Waals surface area contributed by atoms with Crippen LogP contribution in [0.3, 0.4) is 0 Å². The standard InChI is InChI=1S/C29H28O9/c1-31-22-15-18(19(30)12-11-17-13-24(33-3)27(35-5)25(14-17)34-4)16-23(32-2)26(22)28-29(36-6)38-21-10-8-7-9-20(21)37-28/h7-16H,1-6H3/b12-11+. The molecule has 38 heavy (non-hydrogen) atoms. The average molecular weight is 521 g/mol. The summed E-state index contributed by atoms with van der Waals surface area (Å²) < 4.78 is 44.8. The molecule has 0 unspecified atom stereocenters. The minimum absolute atomic E-state index is 0.127. The van der Waals surface area contributed by atoms with E-state index in [4.69, 9.17) is 37.9 Å². The first-order valence-corrected chi connectivity index (χ1v) is 11.5. The molecule has 1 heterocycles. The van der Waals surface area contributed by atoms with Gasteiger partial charge in [0.15, 0.2) is 28.8 Å². The largest absolute Gasteiger partial charge is 0.496 e. The smallest absolute Gasteiger partial charge is 0.330 e. The summed E-state index contributed by atoms with van der Waals surface area (Å²) in [7, 11) is 9.03. The summed E-state index contributed by atoms with van der Waals surface area (Å²) >= 11 is 0. The van der Waals surface area contributed by atoms with Crippen molar-refractivity contribution < 1.29 is 42.7 Å². The molecule has 3 aromatic rings. The predicted octanol–water partition coefficient (Wildman–Crippen LogP) is 5.37. The minimum atomic E-state index is -0.283. The van der Waals surface area contributed by atoms with Gasteiger partial charge in [0.05, 0.1) is 42.7 Å². The predicted molar refractivity (Wildman–Crippen MR) is 141 cm³/mol. The van der Waals surface area contributed by atoms with Crippen molar-refractivity contribution in [3.63, 3.8) is 0 Å². The second-order valence-corrected chi connectivity index (χ2v) is 7.88. The molecule has 9 nitrogen and oxygen atoms in total. The molecule has 0 N–H and O–H groups in total. The second-order valence-electron chi connectivity index (χ2n) is 7.88. The van der Waals surface area contributed by atoms with Crippen LogP contribution in [0.4, 0.5) is 0 Å². The Labute approximate surface area is 220 Å². The van der Waals surface area contributed by atoms with Gasteiger partial charge in [-0.3, -0.25) is 4.79 Å². The number of fused-ring (bicyclic) bond motifs is 1. The van der Waals surface area contributed by atoms with Crippen molar-refractivity contribution in [3.8, 4) is 40.2 Å². The molecule has 0 radical (unpaired) electrons. The van der Waals surface area contributed by atoms with E-state index in [-0.39, 0.29) is 17.5 Å². The van der Waals surface area contributed by atoms with Crippen LogP contribution in [-0.2, 0) is 4.74 Å². The third-order valence-electron chi connectivity index (χ3n) is 5.77. The molecule has 3 aromatic carbocycles. The van der Waals surface area contributed by atoms with Crippen molar-refractivity contribution in [3.05, 3.63) is 77.2 Å². The van der Waals surface area contributed by atoms with Gasteiger partial charge in [0.2, 0.25) is 11.5 Å². The number of carbonyl (C=O) groups excluding carboxylic acids is 1. The first-order valence-electron chi connectivity index (χ1n) is 11.5. The topological polar surface area (TPSA) is 90.9 Å². The molecule has 0 aliphatic carbocycles. The Morgan fingerprint density at radius 1 is 0.684 bits per heavy atom. The molecule has 198 valence electrons. The van der Waals surface area contributed by atoms with Crippen molar-refractivity contribution in [2.45, 2.75) is 0 Å². The van der Waals surface area contributed by atoms with E-state index < -0.39 is 0 Å². The van der Waals surface area contributed by atoms with E-state index in [1.165, 1.54) is 48.7 Å². The Kier molecular flexibility index (Phi) is 7.96. The van der Waals surface area contributed by atoms with Crippen LogP contribution in [0.25, 0.3) is 11.8 Å². The molecule has 0 saturated heterocycles. The van der Waals surface area contributed by atoms with Crippen LogP contribution in [0.1, 0.15) is 21.5 Å². The van der Waals surface area contributed by atoms with Gasteiger partial charge in [-0.05, 0) is 48.0 Å². The quantitative estimate of drug-likeness (QED) is 0.258. The lowest BCUT2D eigenvalue weighted by Gasteiger charge is -2.24. The zero-order valence-electron chi connectivity index (χ0n) is 21.9. The molecule has 4 rings (SSSR count). The summed E-state index contributed by atoms with van der Waals surface area (Å²) in [5, 5.41) is 0. The molecule has 0 bridgehead atoms. The number of ketones is 1. The second kappa shape index (κ2) is 11.5. The molecule has 0 spiro atoms. The number of benzene rings is 3. The summed E-state index contributed by atoms with van der Waals surface area (Å²) in [6.45, 7) is 0. The number of allylic oxidation sites excluding steroid dienone is 1. The van der Waals surface area contributed by atoms with E-state index in [0.717, 1.165) is 0 Å². The molecule has 0 amide bonds. The van der Waals surface area contributed by atoms with E-state index in [1.54, 1.807) is 42.5 Å². The average Bonchev–Trinajstić information content (AvgIpc) is 2.97. The molecular weight excluding hydrogens is 492 g/mol. The SMILES string of the molecule is COC1=C(c2c(OC)cc(C(=O)/C=C/c3cc(OC)c(OC)c(OC)c3)cc2OC)Oc2ccccc2O1. The van der Waals surface area contributed by atoms with E-state index in [2.05, 4.69) is 0 Å². The lowest BCUT2D eigenvalue weighted by atomic mass is 10.0. The molecule has 0 atom stereocenters. The fourth-order valence-electron chi connectivity index (χ4n) is 3.95. The highest BCUT2D eigenvalue weighted by molar-refractivity contribution is 6.07. The lowest BCUT2D eigenvalue weighted by molar-refractivity contribution is 0.104. The summed E-state index contributed by atoms with van der Waals surface area (Å²) in [6.07, 6.45) is 3.09. The molecule has 9 heteroatoms. The Hall–Kier alpha value is -4.79. The Morgan fingerprint density at radius 3 is 1.74 bits per heavy atom. The maximum atomic E-state index is 13.2. The first kappa shape index (κ1) is 26.3. The van der Waals surface area contributed by atoms with Crippen LogP contribution in [0.2, 0.25) is 0 Å². The summed E-state index contributed by atoms with van der Waals surface area (Å²) in [6, 6.07) is 13.9. The highest BCUT2D eigenvalue weighted by Crippen LogP contribution is 2.44. The normalized spacial score (nSPS) is 12.3. The monoisotopic (exact) mass is 520 g/mol. The van der Waals surface area contributed by atoms with Crippen molar-refractivity contribution in [1.29, 1.82) is 0 Å². The summed E-state index contributed by atoms with van der Waals surface area (Å²) in [5.41, 5.74) is 1.46. The Balaban J connectivity index is 1.71. The number of hydrogen-bond acceptors (Lipinski definition) is 9. The highest BCUT2D eigenvalue weighted by atomic mass is 16.7. The zero-order chi connectivity index (χ0) is 27.2. The molecule has 1 aliphatic rings. The minimum Gasteiger partial charge on any atom is -0.496 e. The molecular formula is C29H28O9.